The number of phenols is 1. The molecule has 0 spiro atoms. The number of anilines is 1. The molecule has 0 fully saturated rings. The lowest BCUT2D eigenvalue weighted by atomic mass is 10.2. The van der Waals surface area contributed by atoms with Crippen LogP contribution in [0.25, 0.3) is 16.9 Å². The minimum Gasteiger partial charge on any atom is -0.506 e. The van der Waals surface area contributed by atoms with E-state index in [1.807, 2.05) is 19.1 Å². The Morgan fingerprint density at radius 3 is 2.80 bits per heavy atom. The summed E-state index contributed by atoms with van der Waals surface area (Å²) in [5.74, 6) is 0.469. The molecule has 6 nitrogen and oxygen atoms in total. The van der Waals surface area contributed by atoms with Gasteiger partial charge in [0.2, 0.25) is 0 Å². The molecule has 0 aliphatic rings. The Morgan fingerprint density at radius 1 is 1.25 bits per heavy atom. The van der Waals surface area contributed by atoms with Gasteiger partial charge in [-0.3, -0.25) is 4.98 Å². The van der Waals surface area contributed by atoms with Gasteiger partial charge in [-0.1, -0.05) is 11.3 Å². The van der Waals surface area contributed by atoms with Crippen molar-refractivity contribution in [3.8, 4) is 22.7 Å². The Bertz CT molecular complexity index is 752. The Labute approximate surface area is 115 Å². The van der Waals surface area contributed by atoms with Crippen molar-refractivity contribution in [3.05, 3.63) is 48.3 Å². The van der Waals surface area contributed by atoms with Gasteiger partial charge in [0.1, 0.15) is 17.1 Å². The number of nitrogens with zero attached hydrogens (tertiary/aromatic N) is 4. The SMILES string of the molecule is Cc1ccc(-n2nnc(-c3cccnc3)c2N)c(O)c1. The quantitative estimate of drug-likeness (QED) is 0.740. The van der Waals surface area contributed by atoms with E-state index in [2.05, 4.69) is 15.3 Å². The molecule has 0 saturated carbocycles. The molecule has 6 heteroatoms. The van der Waals surface area contributed by atoms with Crippen molar-refractivity contribution >= 4 is 5.82 Å². The third-order valence-electron chi connectivity index (χ3n) is 3.00. The zero-order chi connectivity index (χ0) is 14.1. The van der Waals surface area contributed by atoms with Gasteiger partial charge >= 0.3 is 0 Å². The lowest BCUT2D eigenvalue weighted by Gasteiger charge is -2.06. The zero-order valence-electron chi connectivity index (χ0n) is 10.9. The number of rotatable bonds is 2. The largest absolute Gasteiger partial charge is 0.506 e. The molecule has 0 aliphatic heterocycles. The van der Waals surface area contributed by atoms with Gasteiger partial charge in [-0.25, -0.2) is 0 Å². The molecule has 0 bridgehead atoms. The number of pyridine rings is 1. The van der Waals surface area contributed by atoms with Crippen LogP contribution in [0.15, 0.2) is 42.7 Å². The van der Waals surface area contributed by atoms with Gasteiger partial charge in [0, 0.05) is 18.0 Å². The average molecular weight is 267 g/mol. The van der Waals surface area contributed by atoms with Crippen molar-refractivity contribution < 1.29 is 5.11 Å². The number of benzene rings is 1. The maximum absolute atomic E-state index is 9.99. The predicted octanol–water partition coefficient (Wildman–Crippen LogP) is 1.93. The van der Waals surface area contributed by atoms with Gasteiger partial charge < -0.3 is 10.8 Å². The first-order valence-corrected chi connectivity index (χ1v) is 6.08. The van der Waals surface area contributed by atoms with Crippen LogP contribution in [0.3, 0.4) is 0 Å². The van der Waals surface area contributed by atoms with Crippen LogP contribution in [0.2, 0.25) is 0 Å². The molecule has 0 amide bonds. The summed E-state index contributed by atoms with van der Waals surface area (Å²) in [6, 6.07) is 8.94. The lowest BCUT2D eigenvalue weighted by molar-refractivity contribution is 0.469. The van der Waals surface area contributed by atoms with Crippen molar-refractivity contribution in [2.75, 3.05) is 5.73 Å². The number of hydrogen-bond acceptors (Lipinski definition) is 5. The Hall–Kier alpha value is -2.89. The summed E-state index contributed by atoms with van der Waals surface area (Å²) < 4.78 is 1.41. The summed E-state index contributed by atoms with van der Waals surface area (Å²) in [5, 5.41) is 18.1. The third kappa shape index (κ3) is 1.97. The van der Waals surface area contributed by atoms with Crippen molar-refractivity contribution in [3.63, 3.8) is 0 Å². The number of phenolic OH excluding ortho intramolecular Hbond substituents is 1. The van der Waals surface area contributed by atoms with Gasteiger partial charge in [0.05, 0.1) is 0 Å². The van der Waals surface area contributed by atoms with Crippen LogP contribution in [0.5, 0.6) is 5.75 Å². The van der Waals surface area contributed by atoms with Crippen molar-refractivity contribution in [1.29, 1.82) is 0 Å². The number of nitrogens with two attached hydrogens (primary N) is 1. The molecule has 3 aromatic rings. The van der Waals surface area contributed by atoms with Crippen LogP contribution in [-0.2, 0) is 0 Å². The van der Waals surface area contributed by atoms with E-state index in [1.165, 1.54) is 4.68 Å². The second kappa shape index (κ2) is 4.65. The minimum atomic E-state index is 0.110. The molecular weight excluding hydrogens is 254 g/mol. The summed E-state index contributed by atoms with van der Waals surface area (Å²) in [6.45, 7) is 1.90. The highest BCUT2D eigenvalue weighted by Gasteiger charge is 2.15. The summed E-state index contributed by atoms with van der Waals surface area (Å²) in [6.07, 6.45) is 3.34. The fraction of sp³-hybridized carbons (Fsp3) is 0.0714. The molecule has 1 aromatic carbocycles. The smallest absolute Gasteiger partial charge is 0.156 e. The van der Waals surface area contributed by atoms with E-state index in [-0.39, 0.29) is 5.75 Å². The normalized spacial score (nSPS) is 10.7. The number of aromatic hydroxyl groups is 1. The van der Waals surface area contributed by atoms with Crippen molar-refractivity contribution in [1.82, 2.24) is 20.0 Å². The summed E-state index contributed by atoms with van der Waals surface area (Å²) in [4.78, 5) is 4.03. The van der Waals surface area contributed by atoms with Crippen molar-refractivity contribution in [2.24, 2.45) is 0 Å². The molecular formula is C14H13N5O. The molecule has 2 heterocycles. The van der Waals surface area contributed by atoms with Crippen LogP contribution < -0.4 is 5.73 Å². The van der Waals surface area contributed by atoms with Crippen LogP contribution in [0.1, 0.15) is 5.56 Å². The Balaban J connectivity index is 2.11. The van der Waals surface area contributed by atoms with Gasteiger partial charge in [0.25, 0.3) is 0 Å². The fourth-order valence-corrected chi connectivity index (χ4v) is 1.99. The van der Waals surface area contributed by atoms with Crippen molar-refractivity contribution in [2.45, 2.75) is 6.92 Å². The molecule has 100 valence electrons. The first kappa shape index (κ1) is 12.2. The van der Waals surface area contributed by atoms with Crippen LogP contribution in [0.4, 0.5) is 5.82 Å². The highest BCUT2D eigenvalue weighted by molar-refractivity contribution is 5.70. The predicted molar refractivity (Wildman–Crippen MR) is 75.4 cm³/mol. The highest BCUT2D eigenvalue weighted by Crippen LogP contribution is 2.28. The van der Waals surface area contributed by atoms with Crippen LogP contribution >= 0.6 is 0 Å². The number of aryl methyl sites for hydroxylation is 1. The molecule has 0 atom stereocenters. The number of hydrogen-bond donors (Lipinski definition) is 2. The molecule has 2 aromatic heterocycles. The maximum Gasteiger partial charge on any atom is 0.156 e. The van der Waals surface area contributed by atoms with E-state index in [4.69, 9.17) is 5.73 Å². The van der Waals surface area contributed by atoms with Crippen LogP contribution in [0, 0.1) is 6.92 Å². The monoisotopic (exact) mass is 267 g/mol. The fourth-order valence-electron chi connectivity index (χ4n) is 1.99. The lowest BCUT2D eigenvalue weighted by Crippen LogP contribution is -2.02. The third-order valence-corrected chi connectivity index (χ3v) is 3.00. The Morgan fingerprint density at radius 2 is 2.10 bits per heavy atom. The minimum absolute atomic E-state index is 0.110. The number of aromatic nitrogens is 4. The van der Waals surface area contributed by atoms with E-state index < -0.39 is 0 Å². The van der Waals surface area contributed by atoms with Gasteiger partial charge in [-0.15, -0.1) is 5.10 Å². The second-order valence-electron chi connectivity index (χ2n) is 4.47. The van der Waals surface area contributed by atoms with E-state index in [0.29, 0.717) is 17.2 Å². The number of nitrogen functional groups attached to an aromatic ring is 1. The Kier molecular flexibility index (Phi) is 2.83. The van der Waals surface area contributed by atoms with Crippen LogP contribution in [-0.4, -0.2) is 25.1 Å². The topological polar surface area (TPSA) is 89.9 Å². The second-order valence-corrected chi connectivity index (χ2v) is 4.47. The first-order valence-electron chi connectivity index (χ1n) is 6.08. The first-order chi connectivity index (χ1) is 9.66. The summed E-state index contributed by atoms with van der Waals surface area (Å²) in [5.41, 5.74) is 8.85. The molecule has 3 rings (SSSR count). The maximum atomic E-state index is 9.99. The molecule has 3 N–H and O–H groups in total. The van der Waals surface area contributed by atoms with E-state index >= 15 is 0 Å². The average Bonchev–Trinajstić information content (AvgIpc) is 2.82. The van der Waals surface area contributed by atoms with Gasteiger partial charge in [-0.05, 0) is 36.8 Å². The molecule has 0 unspecified atom stereocenters. The highest BCUT2D eigenvalue weighted by atomic mass is 16.3. The summed E-state index contributed by atoms with van der Waals surface area (Å²) >= 11 is 0. The molecule has 0 saturated heterocycles. The summed E-state index contributed by atoms with van der Waals surface area (Å²) in [7, 11) is 0. The molecule has 0 radical (unpaired) electrons. The van der Waals surface area contributed by atoms with Gasteiger partial charge in [-0.2, -0.15) is 4.68 Å². The van der Waals surface area contributed by atoms with E-state index in [1.54, 1.807) is 30.6 Å². The van der Waals surface area contributed by atoms with E-state index in [0.717, 1.165) is 11.1 Å². The molecule has 0 aliphatic carbocycles. The zero-order valence-corrected chi connectivity index (χ0v) is 10.9. The standard InChI is InChI=1S/C14H13N5O/c1-9-4-5-11(12(20)7-9)19-14(15)13(17-18-19)10-3-2-6-16-8-10/h2-8,20H,15H2,1H3. The van der Waals surface area contributed by atoms with E-state index in [9.17, 15) is 5.11 Å². The van der Waals surface area contributed by atoms with Gasteiger partial charge in [0.15, 0.2) is 5.82 Å². The molecule has 20 heavy (non-hydrogen) atoms.